The Bertz CT molecular complexity index is 1350. The molecule has 0 bridgehead atoms. The van der Waals surface area contributed by atoms with Crippen molar-refractivity contribution in [2.24, 2.45) is 58.4 Å². The largest absolute Gasteiger partial charge is 0.481 e. The van der Waals surface area contributed by atoms with Crippen molar-refractivity contribution >= 4 is 47.5 Å². The zero-order valence-electron chi connectivity index (χ0n) is 50.5. The van der Waals surface area contributed by atoms with Gasteiger partial charge in [-0.05, 0) is 51.4 Å². The second-order valence-electron chi connectivity index (χ2n) is 21.9. The van der Waals surface area contributed by atoms with Crippen LogP contribution in [0.5, 0.6) is 0 Å². The number of hydrogen-bond donors (Lipinski definition) is 8. The molecule has 6 unspecified atom stereocenters. The molecular weight excluding hydrogens is 993 g/mol. The van der Waals surface area contributed by atoms with Crippen LogP contribution in [0.15, 0.2) is 0 Å². The normalized spacial score (nSPS) is 16.2. The summed E-state index contributed by atoms with van der Waals surface area (Å²) >= 11 is 0. The first-order valence-electron chi connectivity index (χ1n) is 31.3. The van der Waals surface area contributed by atoms with E-state index in [-0.39, 0.29) is 35.5 Å². The number of carbonyl (C=O) groups is 8. The minimum absolute atomic E-state index is 0.111. The molecule has 78 heavy (non-hydrogen) atoms. The van der Waals surface area contributed by atoms with E-state index in [0.717, 1.165) is 64.2 Å². The maximum atomic E-state index is 10.9. The molecule has 1 aliphatic rings. The summed E-state index contributed by atoms with van der Waals surface area (Å²) in [5.74, 6) is -11.5. The molecule has 0 aromatic carbocycles. The molecule has 0 aromatic rings. The van der Waals surface area contributed by atoms with E-state index in [1.54, 1.807) is 0 Å². The number of aliphatic carboxylic acids is 4. The topological polar surface area (TPSA) is 322 Å². The van der Waals surface area contributed by atoms with Crippen LogP contribution in [0.4, 0.5) is 0 Å². The number of carboxylic acids is 4. The highest BCUT2D eigenvalue weighted by Crippen LogP contribution is 2.39. The van der Waals surface area contributed by atoms with Crippen LogP contribution in [0.25, 0.3) is 0 Å². The van der Waals surface area contributed by atoms with Crippen molar-refractivity contribution in [3.63, 3.8) is 0 Å². The fraction of sp³-hybridized carbons (Fsp3) is 0.871. The number of primary amides is 4. The lowest BCUT2D eigenvalue weighted by Gasteiger charge is -2.33. The lowest BCUT2D eigenvalue weighted by Crippen LogP contribution is -2.44. The van der Waals surface area contributed by atoms with Crippen LogP contribution < -0.4 is 22.9 Å². The number of hydrogen-bond acceptors (Lipinski definition) is 8. The van der Waals surface area contributed by atoms with E-state index in [1.165, 1.54) is 180 Å². The van der Waals surface area contributed by atoms with Crippen molar-refractivity contribution in [3.05, 3.63) is 0 Å². The highest BCUT2D eigenvalue weighted by molar-refractivity contribution is 5.85. The first kappa shape index (κ1) is 80.2. The summed E-state index contributed by atoms with van der Waals surface area (Å²) < 4.78 is 0. The van der Waals surface area contributed by atoms with Crippen molar-refractivity contribution < 1.29 is 58.8 Å². The second-order valence-corrected chi connectivity index (χ2v) is 21.9. The van der Waals surface area contributed by atoms with Gasteiger partial charge in [0.05, 0.1) is 23.7 Å². The standard InChI is InChI=1S/2C18H37NO.C10H12O8.2C8H17NO/c2*1-2-3-4-5-6-7-8-9-10-11-12-13-14-15-16-17-18(19)20;11-7(12)3-1-4(8(13)14)6(10(17)18)2-5(3)9(15)16;2*1-3-5-6-7(4-2)8(9)10/h2*2-17H2,1H3,(H2,19,20);3-6H,1-2H2,(H,11,12)(H,13,14)(H,15,16)(H,17,18);2*7H,3-6H2,1-2H3,(H2,9,10). The minimum atomic E-state index is -1.42. The number of carbonyl (C=O) groups excluding carboxylic acids is 4. The number of rotatable bonds is 46. The average Bonchev–Trinajstić information content (AvgIpc) is 3.39. The first-order chi connectivity index (χ1) is 37.2. The number of carboxylic acid groups (broad SMARTS) is 4. The summed E-state index contributed by atoms with van der Waals surface area (Å²) in [5.41, 5.74) is 20.5. The van der Waals surface area contributed by atoms with Crippen LogP contribution in [0.3, 0.4) is 0 Å². The fourth-order valence-corrected chi connectivity index (χ4v) is 9.63. The van der Waals surface area contributed by atoms with Crippen molar-refractivity contribution in [2.45, 2.75) is 311 Å². The molecule has 0 heterocycles. The minimum Gasteiger partial charge on any atom is -0.481 e. The van der Waals surface area contributed by atoms with Crippen molar-refractivity contribution in [1.29, 1.82) is 0 Å². The Kier molecular flexibility index (Phi) is 60.6. The van der Waals surface area contributed by atoms with Crippen LogP contribution in [0.1, 0.15) is 311 Å². The van der Waals surface area contributed by atoms with E-state index < -0.39 is 60.4 Å². The zero-order valence-corrected chi connectivity index (χ0v) is 50.5. The van der Waals surface area contributed by atoms with Gasteiger partial charge in [-0.3, -0.25) is 38.4 Å². The van der Waals surface area contributed by atoms with Gasteiger partial charge in [-0.15, -0.1) is 0 Å². The average molecular weight is 1110 g/mol. The molecule has 0 aliphatic heterocycles. The summed E-state index contributed by atoms with van der Waals surface area (Å²) in [4.78, 5) is 86.1. The van der Waals surface area contributed by atoms with E-state index in [1.807, 2.05) is 13.8 Å². The van der Waals surface area contributed by atoms with Gasteiger partial charge in [0, 0.05) is 24.7 Å². The Hall–Kier alpha value is -4.24. The summed E-state index contributed by atoms with van der Waals surface area (Å²) in [6.07, 6.45) is 49.0. The molecule has 460 valence electrons. The van der Waals surface area contributed by atoms with Gasteiger partial charge in [-0.25, -0.2) is 0 Å². The first-order valence-corrected chi connectivity index (χ1v) is 31.3. The summed E-state index contributed by atoms with van der Waals surface area (Å²) in [6, 6.07) is 0. The van der Waals surface area contributed by atoms with E-state index in [4.69, 9.17) is 43.4 Å². The molecule has 6 atom stereocenters. The third-order valence-electron chi connectivity index (χ3n) is 14.9. The van der Waals surface area contributed by atoms with Crippen LogP contribution >= 0.6 is 0 Å². The molecule has 16 nitrogen and oxygen atoms in total. The molecule has 12 N–H and O–H groups in total. The van der Waals surface area contributed by atoms with Gasteiger partial charge in [0.2, 0.25) is 23.6 Å². The van der Waals surface area contributed by atoms with Gasteiger partial charge in [0.1, 0.15) is 0 Å². The van der Waals surface area contributed by atoms with Crippen LogP contribution in [0.2, 0.25) is 0 Å². The zero-order chi connectivity index (χ0) is 59.8. The van der Waals surface area contributed by atoms with Gasteiger partial charge in [0.15, 0.2) is 0 Å². The van der Waals surface area contributed by atoms with Gasteiger partial charge in [-0.1, -0.05) is 247 Å². The third-order valence-corrected chi connectivity index (χ3v) is 14.9. The lowest BCUT2D eigenvalue weighted by atomic mass is 9.68. The SMILES string of the molecule is CCCCC(CC)C(N)=O.CCCCC(CC)C(N)=O.CCCCCCCCCCCCCCCCCC(N)=O.CCCCCCCCCCCCCCCCCC(N)=O.O=C(O)C1CC(C(=O)O)C(C(=O)O)CC1C(=O)O. The molecule has 0 radical (unpaired) electrons. The number of unbranched alkanes of at least 4 members (excludes halogenated alkanes) is 30. The molecule has 0 saturated heterocycles. The molecule has 1 fully saturated rings. The summed E-state index contributed by atoms with van der Waals surface area (Å²) in [7, 11) is 0. The summed E-state index contributed by atoms with van der Waals surface area (Å²) in [5, 5.41) is 35.5. The molecule has 1 rings (SSSR count). The van der Waals surface area contributed by atoms with E-state index in [2.05, 4.69) is 27.7 Å². The smallest absolute Gasteiger partial charge is 0.307 e. The maximum absolute atomic E-state index is 10.9. The Morgan fingerprint density at radius 3 is 0.628 bits per heavy atom. The fourth-order valence-electron chi connectivity index (χ4n) is 9.63. The van der Waals surface area contributed by atoms with E-state index >= 15 is 0 Å². The van der Waals surface area contributed by atoms with Crippen LogP contribution in [-0.4, -0.2) is 67.9 Å². The van der Waals surface area contributed by atoms with Crippen LogP contribution in [-0.2, 0) is 38.4 Å². The summed E-state index contributed by atoms with van der Waals surface area (Å²) in [6.45, 7) is 12.8. The van der Waals surface area contributed by atoms with Gasteiger partial charge < -0.3 is 43.4 Å². The molecule has 0 aromatic heterocycles. The van der Waals surface area contributed by atoms with Gasteiger partial charge >= 0.3 is 23.9 Å². The third kappa shape index (κ3) is 53.7. The molecular formula is C62H120N4O12. The molecule has 1 saturated carbocycles. The Labute approximate surface area is 474 Å². The predicted molar refractivity (Wildman–Crippen MR) is 316 cm³/mol. The Morgan fingerprint density at radius 2 is 0.487 bits per heavy atom. The highest BCUT2D eigenvalue weighted by atomic mass is 16.4. The lowest BCUT2D eigenvalue weighted by molar-refractivity contribution is -0.167. The van der Waals surface area contributed by atoms with Gasteiger partial charge in [-0.2, -0.15) is 0 Å². The van der Waals surface area contributed by atoms with Gasteiger partial charge in [0.25, 0.3) is 0 Å². The van der Waals surface area contributed by atoms with E-state index in [9.17, 15) is 38.4 Å². The molecule has 4 amide bonds. The molecule has 0 spiro atoms. The predicted octanol–water partition coefficient (Wildman–Crippen LogP) is 14.4. The van der Waals surface area contributed by atoms with E-state index in [0.29, 0.717) is 12.8 Å². The second kappa shape index (κ2) is 58.9. The van der Waals surface area contributed by atoms with Crippen molar-refractivity contribution in [3.8, 4) is 0 Å². The quantitative estimate of drug-likeness (QED) is 0.0264. The Balaban J connectivity index is -0.000000451. The molecule has 1 aliphatic carbocycles. The van der Waals surface area contributed by atoms with Crippen molar-refractivity contribution in [2.75, 3.05) is 0 Å². The maximum Gasteiger partial charge on any atom is 0.307 e. The number of nitrogens with two attached hydrogens (primary N) is 4. The highest BCUT2D eigenvalue weighted by Gasteiger charge is 2.49. The monoisotopic (exact) mass is 1110 g/mol. The number of amides is 4. The van der Waals surface area contributed by atoms with Crippen molar-refractivity contribution in [1.82, 2.24) is 0 Å². The van der Waals surface area contributed by atoms with Crippen LogP contribution in [0, 0.1) is 35.5 Å². The molecule has 16 heteroatoms. The Morgan fingerprint density at radius 1 is 0.308 bits per heavy atom.